The van der Waals surface area contributed by atoms with Gasteiger partial charge in [0.1, 0.15) is 11.4 Å². The molecule has 4 aromatic rings. The Hall–Kier alpha value is -3.25. The van der Waals surface area contributed by atoms with Gasteiger partial charge in [0.05, 0.1) is 10.4 Å². The third-order valence-corrected chi connectivity index (χ3v) is 7.28. The number of carbonyl (C=O) groups excluding carboxylic acids is 2. The van der Waals surface area contributed by atoms with E-state index in [2.05, 4.69) is 24.4 Å². The van der Waals surface area contributed by atoms with E-state index in [-0.39, 0.29) is 24.4 Å². The highest BCUT2D eigenvalue weighted by atomic mass is 32.1. The second-order valence-electron chi connectivity index (χ2n) is 8.97. The van der Waals surface area contributed by atoms with Gasteiger partial charge in [-0.05, 0) is 68.7 Å². The summed E-state index contributed by atoms with van der Waals surface area (Å²) in [5, 5.41) is 5.12. The van der Waals surface area contributed by atoms with E-state index in [1.165, 1.54) is 16.9 Å². The first kappa shape index (κ1) is 21.6. The average Bonchev–Trinajstić information content (AvgIpc) is 3.45. The number of anilines is 1. The molecule has 2 heterocycles. The SMILES string of the molecule is Cc1cccc(N(CC(=O)NC2CCCC2)C(=O)c2cc3cc4cc(C)ccc4nc3s2)c1. The van der Waals surface area contributed by atoms with Gasteiger partial charge < -0.3 is 5.32 Å². The maximum atomic E-state index is 13.7. The van der Waals surface area contributed by atoms with Crippen molar-refractivity contribution in [3.8, 4) is 0 Å². The van der Waals surface area contributed by atoms with Crippen molar-refractivity contribution in [2.45, 2.75) is 45.6 Å². The van der Waals surface area contributed by atoms with Crippen LogP contribution in [0.3, 0.4) is 0 Å². The van der Waals surface area contributed by atoms with Crippen LogP contribution in [0.4, 0.5) is 5.69 Å². The van der Waals surface area contributed by atoms with Crippen LogP contribution in [0.25, 0.3) is 21.1 Å². The number of hydrogen-bond donors (Lipinski definition) is 1. The monoisotopic (exact) mass is 457 g/mol. The van der Waals surface area contributed by atoms with Gasteiger partial charge in [-0.15, -0.1) is 11.3 Å². The highest BCUT2D eigenvalue weighted by Crippen LogP contribution is 2.30. The fraction of sp³-hybridized carbons (Fsp3) is 0.296. The summed E-state index contributed by atoms with van der Waals surface area (Å²) in [6.07, 6.45) is 4.32. The zero-order valence-corrected chi connectivity index (χ0v) is 19.7. The maximum absolute atomic E-state index is 13.7. The van der Waals surface area contributed by atoms with E-state index in [9.17, 15) is 9.59 Å². The van der Waals surface area contributed by atoms with E-state index < -0.39 is 0 Å². The fourth-order valence-electron chi connectivity index (χ4n) is 4.56. The van der Waals surface area contributed by atoms with E-state index >= 15 is 0 Å². The minimum Gasteiger partial charge on any atom is -0.352 e. The predicted molar refractivity (Wildman–Crippen MR) is 135 cm³/mol. The van der Waals surface area contributed by atoms with Gasteiger partial charge in [0.25, 0.3) is 5.91 Å². The average molecular weight is 458 g/mol. The van der Waals surface area contributed by atoms with Crippen molar-refractivity contribution in [2.24, 2.45) is 0 Å². The van der Waals surface area contributed by atoms with Crippen molar-refractivity contribution < 1.29 is 9.59 Å². The van der Waals surface area contributed by atoms with Gasteiger partial charge in [0.15, 0.2) is 0 Å². The summed E-state index contributed by atoms with van der Waals surface area (Å²) < 4.78 is 0. The summed E-state index contributed by atoms with van der Waals surface area (Å²) in [4.78, 5) is 34.3. The molecule has 2 aromatic heterocycles. The number of pyridine rings is 1. The summed E-state index contributed by atoms with van der Waals surface area (Å²) in [5.74, 6) is -0.289. The van der Waals surface area contributed by atoms with Crippen molar-refractivity contribution in [3.63, 3.8) is 0 Å². The van der Waals surface area contributed by atoms with Gasteiger partial charge in [-0.1, -0.05) is 36.6 Å². The molecule has 2 amide bonds. The number of hydrogen-bond acceptors (Lipinski definition) is 4. The number of carbonyl (C=O) groups is 2. The Morgan fingerprint density at radius 2 is 1.79 bits per heavy atom. The van der Waals surface area contributed by atoms with Crippen molar-refractivity contribution in [2.75, 3.05) is 11.4 Å². The minimum atomic E-state index is -0.176. The van der Waals surface area contributed by atoms with Gasteiger partial charge in [-0.25, -0.2) is 4.98 Å². The highest BCUT2D eigenvalue weighted by Gasteiger charge is 2.25. The first-order valence-corrected chi connectivity index (χ1v) is 12.3. The smallest absolute Gasteiger partial charge is 0.268 e. The predicted octanol–water partition coefficient (Wildman–Crippen LogP) is 5.77. The van der Waals surface area contributed by atoms with Crippen LogP contribution in [0.15, 0.2) is 54.6 Å². The summed E-state index contributed by atoms with van der Waals surface area (Å²) in [6, 6.07) is 18.1. The van der Waals surface area contributed by atoms with Crippen molar-refractivity contribution in [1.29, 1.82) is 0 Å². The number of rotatable bonds is 5. The number of benzene rings is 2. The summed E-state index contributed by atoms with van der Waals surface area (Å²) in [6.45, 7) is 4.05. The Bertz CT molecular complexity index is 1350. The topological polar surface area (TPSA) is 62.3 Å². The minimum absolute atomic E-state index is 0.00162. The van der Waals surface area contributed by atoms with Crippen LogP contribution in [0, 0.1) is 13.8 Å². The molecule has 0 atom stereocenters. The fourth-order valence-corrected chi connectivity index (χ4v) is 5.53. The molecule has 168 valence electrons. The number of aryl methyl sites for hydroxylation is 2. The van der Waals surface area contributed by atoms with Crippen molar-refractivity contribution in [1.82, 2.24) is 10.3 Å². The molecule has 1 aliphatic carbocycles. The molecular weight excluding hydrogens is 430 g/mol. The Balaban J connectivity index is 1.48. The van der Waals surface area contributed by atoms with Gasteiger partial charge in [0, 0.05) is 22.5 Å². The molecule has 0 saturated heterocycles. The van der Waals surface area contributed by atoms with Crippen LogP contribution in [0.5, 0.6) is 0 Å². The lowest BCUT2D eigenvalue weighted by molar-refractivity contribution is -0.120. The lowest BCUT2D eigenvalue weighted by Crippen LogP contribution is -2.43. The lowest BCUT2D eigenvalue weighted by Gasteiger charge is -2.23. The standard InChI is InChI=1S/C27H27N3O2S/c1-17-6-5-9-22(13-17)30(16-25(31)28-21-7-3-4-8-21)27(32)24-15-20-14-19-12-18(2)10-11-23(19)29-26(20)33-24/h5-6,9-15,21H,3-4,7-8,16H2,1-2H3,(H,28,31). The molecule has 2 aromatic carbocycles. The molecule has 0 aliphatic heterocycles. The number of thiophene rings is 1. The number of nitrogens with zero attached hydrogens (tertiary/aromatic N) is 2. The molecule has 0 radical (unpaired) electrons. The Labute approximate surface area is 197 Å². The molecule has 0 bridgehead atoms. The highest BCUT2D eigenvalue weighted by molar-refractivity contribution is 7.20. The summed E-state index contributed by atoms with van der Waals surface area (Å²) >= 11 is 1.38. The van der Waals surface area contributed by atoms with E-state index in [1.54, 1.807) is 4.90 Å². The number of aromatic nitrogens is 1. The molecule has 5 rings (SSSR count). The molecule has 1 saturated carbocycles. The number of nitrogens with one attached hydrogen (secondary N) is 1. The molecular formula is C27H27N3O2S. The van der Waals surface area contributed by atoms with E-state index in [0.29, 0.717) is 4.88 Å². The Morgan fingerprint density at radius 1 is 1.00 bits per heavy atom. The molecule has 33 heavy (non-hydrogen) atoms. The van der Waals surface area contributed by atoms with Gasteiger partial charge in [-0.2, -0.15) is 0 Å². The van der Waals surface area contributed by atoms with Crippen LogP contribution in [0.1, 0.15) is 46.5 Å². The Kier molecular flexibility index (Phi) is 5.85. The third kappa shape index (κ3) is 4.62. The van der Waals surface area contributed by atoms with Crippen molar-refractivity contribution >= 4 is 50.0 Å². The molecule has 1 aliphatic rings. The zero-order chi connectivity index (χ0) is 22.9. The summed E-state index contributed by atoms with van der Waals surface area (Å²) in [7, 11) is 0. The van der Waals surface area contributed by atoms with Crippen LogP contribution in [-0.2, 0) is 4.79 Å². The van der Waals surface area contributed by atoms with E-state index in [0.717, 1.165) is 58.1 Å². The molecule has 1 fully saturated rings. The maximum Gasteiger partial charge on any atom is 0.268 e. The van der Waals surface area contributed by atoms with Crippen molar-refractivity contribution in [3.05, 3.63) is 70.6 Å². The van der Waals surface area contributed by atoms with Crippen LogP contribution < -0.4 is 10.2 Å². The van der Waals surface area contributed by atoms with E-state index in [4.69, 9.17) is 4.98 Å². The second kappa shape index (κ2) is 8.94. The quantitative estimate of drug-likeness (QED) is 0.414. The molecule has 1 N–H and O–H groups in total. The zero-order valence-electron chi connectivity index (χ0n) is 18.9. The Morgan fingerprint density at radius 3 is 2.58 bits per heavy atom. The summed E-state index contributed by atoms with van der Waals surface area (Å²) in [5.41, 5.74) is 3.86. The number of amides is 2. The normalized spacial score (nSPS) is 14.1. The second-order valence-corrected chi connectivity index (χ2v) is 10.00. The molecule has 0 unspecified atom stereocenters. The number of fused-ring (bicyclic) bond motifs is 2. The molecule has 6 heteroatoms. The van der Waals surface area contributed by atoms with Crippen LogP contribution in [-0.4, -0.2) is 29.4 Å². The van der Waals surface area contributed by atoms with E-state index in [1.807, 2.05) is 49.4 Å². The molecule has 0 spiro atoms. The van der Waals surface area contributed by atoms with Gasteiger partial charge in [0.2, 0.25) is 5.91 Å². The van der Waals surface area contributed by atoms with Crippen LogP contribution >= 0.6 is 11.3 Å². The third-order valence-electron chi connectivity index (χ3n) is 6.25. The lowest BCUT2D eigenvalue weighted by atomic mass is 10.1. The first-order valence-electron chi connectivity index (χ1n) is 11.4. The van der Waals surface area contributed by atoms with Gasteiger partial charge >= 0.3 is 0 Å². The first-order chi connectivity index (χ1) is 16.0. The van der Waals surface area contributed by atoms with Crippen LogP contribution in [0.2, 0.25) is 0 Å². The largest absolute Gasteiger partial charge is 0.352 e. The molecule has 5 nitrogen and oxygen atoms in total. The van der Waals surface area contributed by atoms with Gasteiger partial charge in [-0.3, -0.25) is 14.5 Å².